The molecule has 0 spiro atoms. The largest absolute Gasteiger partial charge is 0.353 e. The topological polar surface area (TPSA) is 62.5 Å². The number of nitrogens with zero attached hydrogens (tertiary/aromatic N) is 7. The second-order valence-corrected chi connectivity index (χ2v) is 5.97. The molecule has 0 bridgehead atoms. The molecule has 1 aliphatic rings. The maximum absolute atomic E-state index is 4.24. The molecule has 0 N–H and O–H groups in total. The summed E-state index contributed by atoms with van der Waals surface area (Å²) in [5.74, 6) is 0.961. The van der Waals surface area contributed by atoms with Gasteiger partial charge in [0.1, 0.15) is 0 Å². The minimum absolute atomic E-state index is 0.685. The average Bonchev–Trinajstić information content (AvgIpc) is 3.04. The summed E-state index contributed by atoms with van der Waals surface area (Å²) < 4.78 is 1.75. The molecular weight excluding hydrogens is 290 g/mol. The molecule has 118 valence electrons. The molecule has 0 atom stereocenters. The van der Waals surface area contributed by atoms with Crippen LogP contribution in [0, 0.1) is 6.92 Å². The Hall–Kier alpha value is -2.54. The second kappa shape index (κ2) is 5.92. The molecule has 0 radical (unpaired) electrons. The van der Waals surface area contributed by atoms with E-state index in [-0.39, 0.29) is 0 Å². The molecule has 0 saturated carbocycles. The van der Waals surface area contributed by atoms with Crippen molar-refractivity contribution < 1.29 is 0 Å². The number of aromatic nitrogens is 5. The van der Waals surface area contributed by atoms with E-state index in [2.05, 4.69) is 61.5 Å². The number of rotatable bonds is 3. The Bertz CT molecular complexity index is 805. The highest BCUT2D eigenvalue weighted by Gasteiger charge is 2.20. The van der Waals surface area contributed by atoms with Gasteiger partial charge in [-0.2, -0.15) is 4.52 Å². The zero-order chi connectivity index (χ0) is 15.6. The van der Waals surface area contributed by atoms with Crippen molar-refractivity contribution in [1.29, 1.82) is 0 Å². The van der Waals surface area contributed by atoms with Crippen molar-refractivity contribution in [2.45, 2.75) is 13.5 Å². The first-order chi connectivity index (χ1) is 11.3. The zero-order valence-electron chi connectivity index (χ0n) is 13.1. The summed E-state index contributed by atoms with van der Waals surface area (Å²) in [5.41, 5.74) is 3.38. The van der Waals surface area contributed by atoms with Crippen LogP contribution >= 0.6 is 0 Å². The predicted molar refractivity (Wildman–Crippen MR) is 87.2 cm³/mol. The van der Waals surface area contributed by atoms with Crippen LogP contribution in [0.5, 0.6) is 0 Å². The molecule has 2 aromatic heterocycles. The maximum atomic E-state index is 4.24. The van der Waals surface area contributed by atoms with E-state index in [1.54, 1.807) is 10.7 Å². The van der Waals surface area contributed by atoms with Crippen molar-refractivity contribution in [3.05, 3.63) is 47.8 Å². The number of benzene rings is 1. The third kappa shape index (κ3) is 2.87. The highest BCUT2D eigenvalue weighted by molar-refractivity contribution is 5.46. The van der Waals surface area contributed by atoms with Crippen LogP contribution in [0.2, 0.25) is 0 Å². The summed E-state index contributed by atoms with van der Waals surface area (Å²) in [4.78, 5) is 9.02. The lowest BCUT2D eigenvalue weighted by Gasteiger charge is -2.35. The Morgan fingerprint density at radius 3 is 2.78 bits per heavy atom. The fourth-order valence-corrected chi connectivity index (χ4v) is 3.08. The Morgan fingerprint density at radius 2 is 1.96 bits per heavy atom. The molecule has 0 amide bonds. The standard InChI is InChI=1S/C16H19N7/c1-13-3-2-4-14(9-13)12-21-5-7-22(8-6-21)16-11-17-10-15-18-19-20-23(15)16/h2-4,9-11H,5-8,12H2,1H3. The third-order valence-electron chi connectivity index (χ3n) is 4.28. The Morgan fingerprint density at radius 1 is 1.09 bits per heavy atom. The van der Waals surface area contributed by atoms with E-state index in [0.29, 0.717) is 5.65 Å². The molecule has 4 rings (SSSR count). The maximum Gasteiger partial charge on any atom is 0.199 e. The molecule has 7 nitrogen and oxygen atoms in total. The Balaban J connectivity index is 1.44. The van der Waals surface area contributed by atoms with Crippen LogP contribution in [0.3, 0.4) is 0 Å². The van der Waals surface area contributed by atoms with E-state index in [4.69, 9.17) is 0 Å². The van der Waals surface area contributed by atoms with Crippen LogP contribution in [0.1, 0.15) is 11.1 Å². The van der Waals surface area contributed by atoms with E-state index in [1.165, 1.54) is 11.1 Å². The summed E-state index contributed by atoms with van der Waals surface area (Å²) in [6.07, 6.45) is 3.51. The van der Waals surface area contributed by atoms with Crippen LogP contribution in [0.25, 0.3) is 5.65 Å². The van der Waals surface area contributed by atoms with Gasteiger partial charge in [0.2, 0.25) is 0 Å². The fourth-order valence-electron chi connectivity index (χ4n) is 3.08. The Kier molecular flexibility index (Phi) is 3.63. The molecule has 3 heterocycles. The lowest BCUT2D eigenvalue weighted by molar-refractivity contribution is 0.249. The SMILES string of the molecule is Cc1cccc(CN2CCN(c3cncc4nnnn34)CC2)c1. The number of aryl methyl sites for hydroxylation is 1. The number of hydrogen-bond donors (Lipinski definition) is 0. The second-order valence-electron chi connectivity index (χ2n) is 5.97. The van der Waals surface area contributed by atoms with Gasteiger partial charge < -0.3 is 4.90 Å². The summed E-state index contributed by atoms with van der Waals surface area (Å²) >= 11 is 0. The lowest BCUT2D eigenvalue weighted by Crippen LogP contribution is -2.46. The van der Waals surface area contributed by atoms with E-state index in [1.807, 2.05) is 6.20 Å². The molecule has 1 saturated heterocycles. The summed E-state index contributed by atoms with van der Waals surface area (Å²) in [6, 6.07) is 8.73. The molecule has 1 fully saturated rings. The van der Waals surface area contributed by atoms with E-state index in [0.717, 1.165) is 38.5 Å². The normalized spacial score (nSPS) is 16.1. The van der Waals surface area contributed by atoms with Crippen LogP contribution in [-0.4, -0.2) is 56.1 Å². The summed E-state index contributed by atoms with van der Waals surface area (Å²) in [6.45, 7) is 7.09. The van der Waals surface area contributed by atoms with E-state index in [9.17, 15) is 0 Å². The van der Waals surface area contributed by atoms with E-state index >= 15 is 0 Å². The van der Waals surface area contributed by atoms with Gasteiger partial charge >= 0.3 is 0 Å². The van der Waals surface area contributed by atoms with E-state index < -0.39 is 0 Å². The zero-order valence-corrected chi connectivity index (χ0v) is 13.1. The predicted octanol–water partition coefficient (Wildman–Crippen LogP) is 1.15. The first kappa shape index (κ1) is 14.1. The highest BCUT2D eigenvalue weighted by atomic mass is 15.5. The molecule has 3 aromatic rings. The van der Waals surface area contributed by atoms with Gasteiger partial charge in [-0.15, -0.1) is 5.10 Å². The van der Waals surface area contributed by atoms with Crippen LogP contribution in [0.4, 0.5) is 5.82 Å². The summed E-state index contributed by atoms with van der Waals surface area (Å²) in [7, 11) is 0. The van der Waals surface area contributed by atoms with Crippen molar-refractivity contribution >= 4 is 11.5 Å². The quantitative estimate of drug-likeness (QED) is 0.723. The Labute approximate surface area is 134 Å². The monoisotopic (exact) mass is 309 g/mol. The molecule has 1 aromatic carbocycles. The number of piperazine rings is 1. The van der Waals surface area contributed by atoms with Gasteiger partial charge in [-0.25, -0.2) is 0 Å². The van der Waals surface area contributed by atoms with Gasteiger partial charge in [-0.1, -0.05) is 29.8 Å². The van der Waals surface area contributed by atoms with Gasteiger partial charge in [-0.05, 0) is 22.9 Å². The van der Waals surface area contributed by atoms with Crippen LogP contribution < -0.4 is 4.90 Å². The van der Waals surface area contributed by atoms with Crippen molar-refractivity contribution in [3.63, 3.8) is 0 Å². The number of tetrazole rings is 1. The number of fused-ring (bicyclic) bond motifs is 1. The minimum Gasteiger partial charge on any atom is -0.353 e. The van der Waals surface area contributed by atoms with Gasteiger partial charge in [0.15, 0.2) is 11.5 Å². The van der Waals surface area contributed by atoms with Crippen molar-refractivity contribution in [2.24, 2.45) is 0 Å². The number of anilines is 1. The van der Waals surface area contributed by atoms with Crippen LogP contribution in [-0.2, 0) is 6.54 Å². The first-order valence-electron chi connectivity index (χ1n) is 7.84. The van der Waals surface area contributed by atoms with Crippen molar-refractivity contribution in [1.82, 2.24) is 29.9 Å². The average molecular weight is 309 g/mol. The molecule has 7 heteroatoms. The summed E-state index contributed by atoms with van der Waals surface area (Å²) in [5, 5.41) is 11.7. The molecular formula is C16H19N7. The minimum atomic E-state index is 0.685. The molecule has 0 aliphatic carbocycles. The number of hydrogen-bond acceptors (Lipinski definition) is 6. The van der Waals surface area contributed by atoms with Gasteiger partial charge in [0.25, 0.3) is 0 Å². The van der Waals surface area contributed by atoms with Gasteiger partial charge in [-0.3, -0.25) is 9.88 Å². The third-order valence-corrected chi connectivity index (χ3v) is 4.28. The molecule has 1 aliphatic heterocycles. The smallest absolute Gasteiger partial charge is 0.199 e. The van der Waals surface area contributed by atoms with Gasteiger partial charge in [0.05, 0.1) is 12.4 Å². The fraction of sp³-hybridized carbons (Fsp3) is 0.375. The van der Waals surface area contributed by atoms with Crippen LogP contribution in [0.15, 0.2) is 36.7 Å². The molecule has 0 unspecified atom stereocenters. The van der Waals surface area contributed by atoms with Crippen molar-refractivity contribution in [2.75, 3.05) is 31.1 Å². The highest BCUT2D eigenvalue weighted by Crippen LogP contribution is 2.16. The lowest BCUT2D eigenvalue weighted by atomic mass is 10.1. The van der Waals surface area contributed by atoms with Gasteiger partial charge in [0, 0.05) is 32.7 Å². The van der Waals surface area contributed by atoms with Crippen molar-refractivity contribution in [3.8, 4) is 0 Å². The molecule has 23 heavy (non-hydrogen) atoms. The first-order valence-corrected chi connectivity index (χ1v) is 7.84.